The van der Waals surface area contributed by atoms with Crippen molar-refractivity contribution in [3.63, 3.8) is 0 Å². The Kier molecular flexibility index (Phi) is 6.44. The molecule has 0 saturated carbocycles. The van der Waals surface area contributed by atoms with Gasteiger partial charge in [0.15, 0.2) is 0 Å². The number of carbonyl (C=O) groups excluding carboxylic acids is 2. The average Bonchev–Trinajstić information content (AvgIpc) is 3.17. The maximum atomic E-state index is 13.0. The molecule has 0 unspecified atom stereocenters. The number of methoxy groups -OCH3 is 1. The van der Waals surface area contributed by atoms with Gasteiger partial charge in [-0.05, 0) is 52.0 Å². The van der Waals surface area contributed by atoms with E-state index in [-0.39, 0.29) is 6.54 Å². The molecule has 2 aromatic carbocycles. The smallest absolute Gasteiger partial charge is 0.325 e. The fourth-order valence-corrected chi connectivity index (χ4v) is 2.98. The minimum atomic E-state index is -0.621. The van der Waals surface area contributed by atoms with Gasteiger partial charge in [-0.25, -0.2) is 4.68 Å². The van der Waals surface area contributed by atoms with Crippen LogP contribution in [0.15, 0.2) is 54.7 Å². The Morgan fingerprint density at radius 1 is 1.10 bits per heavy atom. The third-order valence-electron chi connectivity index (χ3n) is 4.41. The number of nitrogens with one attached hydrogen (secondary N) is 1. The number of nitrogens with zero attached hydrogens (tertiary/aromatic N) is 2. The molecule has 0 atom stereocenters. The number of esters is 1. The van der Waals surface area contributed by atoms with E-state index < -0.39 is 17.5 Å². The molecule has 7 nitrogen and oxygen atoms in total. The largest absolute Gasteiger partial charge is 0.497 e. The molecule has 1 N–H and O–H groups in total. The second-order valence-electron chi connectivity index (χ2n) is 8.17. The first-order chi connectivity index (χ1) is 14.7. The van der Waals surface area contributed by atoms with Gasteiger partial charge in [0.05, 0.1) is 18.4 Å². The molecular formula is C24H27N3O4. The van der Waals surface area contributed by atoms with Crippen LogP contribution in [0.1, 0.15) is 36.7 Å². The summed E-state index contributed by atoms with van der Waals surface area (Å²) in [6.45, 7) is 7.10. The zero-order valence-electron chi connectivity index (χ0n) is 18.4. The van der Waals surface area contributed by atoms with Crippen molar-refractivity contribution in [2.24, 2.45) is 0 Å². The Hall–Kier alpha value is -3.61. The van der Waals surface area contributed by atoms with Crippen molar-refractivity contribution in [1.29, 1.82) is 0 Å². The molecule has 0 radical (unpaired) electrons. The fourth-order valence-electron chi connectivity index (χ4n) is 2.98. The molecule has 0 spiro atoms. The summed E-state index contributed by atoms with van der Waals surface area (Å²) in [7, 11) is 1.58. The number of hydrogen-bond donors (Lipinski definition) is 1. The highest BCUT2D eigenvalue weighted by atomic mass is 16.6. The average molecular weight is 421 g/mol. The summed E-state index contributed by atoms with van der Waals surface area (Å²) in [5, 5.41) is 7.28. The first-order valence-corrected chi connectivity index (χ1v) is 9.97. The number of amides is 1. The van der Waals surface area contributed by atoms with Crippen molar-refractivity contribution in [3.05, 3.63) is 65.9 Å². The van der Waals surface area contributed by atoms with Gasteiger partial charge in [0.25, 0.3) is 5.91 Å². The lowest BCUT2D eigenvalue weighted by Crippen LogP contribution is -2.34. The first kappa shape index (κ1) is 22.1. The van der Waals surface area contributed by atoms with E-state index in [1.54, 1.807) is 38.8 Å². The van der Waals surface area contributed by atoms with Crippen molar-refractivity contribution in [2.75, 3.05) is 13.7 Å². The van der Waals surface area contributed by atoms with Gasteiger partial charge in [-0.3, -0.25) is 9.59 Å². The maximum Gasteiger partial charge on any atom is 0.325 e. The van der Waals surface area contributed by atoms with Crippen molar-refractivity contribution in [1.82, 2.24) is 15.1 Å². The van der Waals surface area contributed by atoms with Gasteiger partial charge >= 0.3 is 5.97 Å². The number of ether oxygens (including phenoxy) is 2. The molecule has 3 aromatic rings. The van der Waals surface area contributed by atoms with Gasteiger partial charge in [0, 0.05) is 11.8 Å². The highest BCUT2D eigenvalue weighted by molar-refractivity contribution is 6.01. The zero-order valence-corrected chi connectivity index (χ0v) is 18.4. The Bertz CT molecular complexity index is 1080. The number of carbonyl (C=O) groups is 2. The highest BCUT2D eigenvalue weighted by Gasteiger charge is 2.21. The molecule has 0 saturated heterocycles. The van der Waals surface area contributed by atoms with E-state index in [4.69, 9.17) is 9.47 Å². The summed E-state index contributed by atoms with van der Waals surface area (Å²) in [6.07, 6.45) is 1.66. The SMILES string of the molecule is COc1cccc(-c2nn(-c3ccc(C)cc3)cc2C(=O)NCC(=O)OC(C)(C)C)c1. The summed E-state index contributed by atoms with van der Waals surface area (Å²) >= 11 is 0. The first-order valence-electron chi connectivity index (χ1n) is 9.97. The van der Waals surface area contributed by atoms with Gasteiger partial charge < -0.3 is 14.8 Å². The molecule has 0 aliphatic carbocycles. The molecule has 1 aromatic heterocycles. The van der Waals surface area contributed by atoms with E-state index in [2.05, 4.69) is 10.4 Å². The molecule has 31 heavy (non-hydrogen) atoms. The van der Waals surface area contributed by atoms with Gasteiger partial charge in [0.1, 0.15) is 23.6 Å². The summed E-state index contributed by atoms with van der Waals surface area (Å²) in [4.78, 5) is 25.0. The number of benzene rings is 2. The van der Waals surface area contributed by atoms with Gasteiger partial charge in [0.2, 0.25) is 0 Å². The molecule has 3 rings (SSSR count). The minimum Gasteiger partial charge on any atom is -0.497 e. The van der Waals surface area contributed by atoms with E-state index in [0.717, 1.165) is 16.8 Å². The van der Waals surface area contributed by atoms with Crippen LogP contribution in [-0.2, 0) is 9.53 Å². The number of aryl methyl sites for hydroxylation is 1. The second-order valence-corrected chi connectivity index (χ2v) is 8.17. The number of aromatic nitrogens is 2. The normalized spacial score (nSPS) is 11.1. The summed E-state index contributed by atoms with van der Waals surface area (Å²) in [5.74, 6) is -0.265. The molecule has 7 heteroatoms. The predicted octanol–water partition coefficient (Wildman–Crippen LogP) is 3.93. The summed E-state index contributed by atoms with van der Waals surface area (Å²) in [5.41, 5.74) is 2.88. The third kappa shape index (κ3) is 5.72. The van der Waals surface area contributed by atoms with Crippen LogP contribution in [0.2, 0.25) is 0 Å². The third-order valence-corrected chi connectivity index (χ3v) is 4.41. The van der Waals surface area contributed by atoms with Crippen molar-refractivity contribution in [2.45, 2.75) is 33.3 Å². The second kappa shape index (κ2) is 9.04. The topological polar surface area (TPSA) is 82.5 Å². The highest BCUT2D eigenvalue weighted by Crippen LogP contribution is 2.27. The molecule has 0 aliphatic rings. The van der Waals surface area contributed by atoms with E-state index >= 15 is 0 Å². The van der Waals surface area contributed by atoms with Crippen LogP contribution in [0.3, 0.4) is 0 Å². The predicted molar refractivity (Wildman–Crippen MR) is 118 cm³/mol. The van der Waals surface area contributed by atoms with Crippen LogP contribution in [0.25, 0.3) is 16.9 Å². The Morgan fingerprint density at radius 3 is 2.45 bits per heavy atom. The molecule has 0 bridgehead atoms. The van der Waals surface area contributed by atoms with Crippen LogP contribution < -0.4 is 10.1 Å². The quantitative estimate of drug-likeness (QED) is 0.610. The Morgan fingerprint density at radius 2 is 1.81 bits per heavy atom. The van der Waals surface area contributed by atoms with Crippen LogP contribution in [0.5, 0.6) is 5.75 Å². The minimum absolute atomic E-state index is 0.233. The van der Waals surface area contributed by atoms with Crippen molar-refractivity contribution >= 4 is 11.9 Å². The van der Waals surface area contributed by atoms with E-state index in [9.17, 15) is 9.59 Å². The molecular weight excluding hydrogens is 394 g/mol. The van der Waals surface area contributed by atoms with Gasteiger partial charge in [-0.1, -0.05) is 29.8 Å². The van der Waals surface area contributed by atoms with E-state index in [1.807, 2.05) is 55.5 Å². The monoisotopic (exact) mass is 421 g/mol. The van der Waals surface area contributed by atoms with Gasteiger partial charge in [-0.2, -0.15) is 5.10 Å². The van der Waals surface area contributed by atoms with Crippen LogP contribution >= 0.6 is 0 Å². The summed E-state index contributed by atoms with van der Waals surface area (Å²) in [6, 6.07) is 15.1. The van der Waals surface area contributed by atoms with Crippen molar-refractivity contribution in [3.8, 4) is 22.7 Å². The molecule has 162 valence electrons. The lowest BCUT2D eigenvalue weighted by molar-refractivity contribution is -0.153. The fraction of sp³-hybridized carbons (Fsp3) is 0.292. The molecule has 0 fully saturated rings. The van der Waals surface area contributed by atoms with Crippen LogP contribution in [0, 0.1) is 6.92 Å². The molecule has 0 aliphatic heterocycles. The van der Waals surface area contributed by atoms with Crippen LogP contribution in [0.4, 0.5) is 0 Å². The van der Waals surface area contributed by atoms with Crippen LogP contribution in [-0.4, -0.2) is 40.9 Å². The lowest BCUT2D eigenvalue weighted by Gasteiger charge is -2.19. The van der Waals surface area contributed by atoms with Crippen molar-refractivity contribution < 1.29 is 19.1 Å². The number of hydrogen-bond acceptors (Lipinski definition) is 5. The molecule has 1 heterocycles. The lowest BCUT2D eigenvalue weighted by atomic mass is 10.1. The Labute approximate surface area is 182 Å². The van der Waals surface area contributed by atoms with Gasteiger partial charge in [-0.15, -0.1) is 0 Å². The number of rotatable bonds is 6. The van der Waals surface area contributed by atoms with E-state index in [1.165, 1.54) is 0 Å². The Balaban J connectivity index is 1.94. The standard InChI is InChI=1S/C24H27N3O4/c1-16-9-11-18(12-10-16)27-15-20(23(29)25-14-21(28)31-24(2,3)4)22(26-27)17-7-6-8-19(13-17)30-5/h6-13,15H,14H2,1-5H3,(H,25,29). The molecule has 1 amide bonds. The maximum absolute atomic E-state index is 13.0. The zero-order chi connectivity index (χ0) is 22.6. The summed E-state index contributed by atoms with van der Waals surface area (Å²) < 4.78 is 12.2. The van der Waals surface area contributed by atoms with E-state index in [0.29, 0.717) is 17.0 Å².